The number of carboxylic acids is 1. The highest BCUT2D eigenvalue weighted by molar-refractivity contribution is 9.11. The second-order valence-corrected chi connectivity index (χ2v) is 7.05. The molecule has 1 rings (SSSR count). The second-order valence-electron chi connectivity index (χ2n) is 5.34. The van der Waals surface area contributed by atoms with Crippen LogP contribution in [0.5, 0.6) is 5.75 Å². The molecule has 0 aliphatic heterocycles. The fourth-order valence-electron chi connectivity index (χ4n) is 1.52. The molecule has 0 aliphatic carbocycles. The molecule has 0 unspecified atom stereocenters. The van der Waals surface area contributed by atoms with Gasteiger partial charge in [0.2, 0.25) is 0 Å². The van der Waals surface area contributed by atoms with Crippen LogP contribution in [0.4, 0.5) is 0 Å². The van der Waals surface area contributed by atoms with Gasteiger partial charge in [-0.05, 0) is 67.8 Å². The molecule has 3 nitrogen and oxygen atoms in total. The van der Waals surface area contributed by atoms with Gasteiger partial charge in [0.1, 0.15) is 5.75 Å². The number of benzene rings is 1. The van der Waals surface area contributed by atoms with Crippen LogP contribution in [0.25, 0.3) is 0 Å². The first-order chi connectivity index (χ1) is 8.71. The van der Waals surface area contributed by atoms with Gasteiger partial charge in [-0.1, -0.05) is 20.8 Å². The summed E-state index contributed by atoms with van der Waals surface area (Å²) in [6, 6.07) is 4.05. The average Bonchev–Trinajstić information content (AvgIpc) is 2.25. The summed E-state index contributed by atoms with van der Waals surface area (Å²) in [5.74, 6) is -0.351. The normalized spacial score (nSPS) is 11.4. The van der Waals surface area contributed by atoms with Crippen LogP contribution in [0, 0.1) is 0 Å². The van der Waals surface area contributed by atoms with Gasteiger partial charge in [0.25, 0.3) is 0 Å². The molecule has 0 aromatic heterocycles. The molecule has 0 spiro atoms. The maximum atomic E-state index is 10.3. The summed E-state index contributed by atoms with van der Waals surface area (Å²) < 4.78 is 7.32. The average molecular weight is 393 g/mol. The number of carboxylic acid groups (broad SMARTS) is 1. The predicted octanol–water partition coefficient (Wildman–Crippen LogP) is 3.42. The van der Waals surface area contributed by atoms with Crippen molar-refractivity contribution in [1.29, 1.82) is 0 Å². The molecule has 19 heavy (non-hydrogen) atoms. The van der Waals surface area contributed by atoms with E-state index in [1.165, 1.54) is 5.56 Å². The van der Waals surface area contributed by atoms with Crippen molar-refractivity contribution in [3.05, 3.63) is 26.6 Å². The molecular weight excluding hydrogens is 376 g/mol. The molecule has 0 amide bonds. The molecule has 1 aromatic rings. The number of halogens is 2. The van der Waals surface area contributed by atoms with E-state index in [0.29, 0.717) is 18.8 Å². The van der Waals surface area contributed by atoms with E-state index in [2.05, 4.69) is 52.6 Å². The van der Waals surface area contributed by atoms with Crippen LogP contribution in [0.3, 0.4) is 0 Å². The first-order valence-electron chi connectivity index (χ1n) is 6.04. The van der Waals surface area contributed by atoms with Crippen molar-refractivity contribution in [2.24, 2.45) is 0 Å². The van der Waals surface area contributed by atoms with Gasteiger partial charge >= 0.3 is 0 Å². The third kappa shape index (κ3) is 5.15. The van der Waals surface area contributed by atoms with E-state index >= 15 is 0 Å². The van der Waals surface area contributed by atoms with Gasteiger partial charge in [-0.3, -0.25) is 0 Å². The Hall–Kier alpha value is -0.550. The Kier molecular flexibility index (Phi) is 5.86. The second kappa shape index (κ2) is 6.75. The lowest BCUT2D eigenvalue weighted by Gasteiger charge is -2.21. The van der Waals surface area contributed by atoms with Crippen molar-refractivity contribution in [3.8, 4) is 5.75 Å². The summed E-state index contributed by atoms with van der Waals surface area (Å²) in [4.78, 5) is 10.3. The SMILES string of the molecule is CC(C)(C)c1cc(Br)c(OCCCC(=O)[O-])c(Br)c1. The smallest absolute Gasteiger partial charge is 0.147 e. The maximum Gasteiger partial charge on any atom is 0.147 e. The van der Waals surface area contributed by atoms with Crippen LogP contribution in [0.15, 0.2) is 21.1 Å². The zero-order valence-corrected chi connectivity index (χ0v) is 14.4. The minimum absolute atomic E-state index is 0.00924. The lowest BCUT2D eigenvalue weighted by atomic mass is 9.87. The summed E-state index contributed by atoms with van der Waals surface area (Å²) >= 11 is 6.98. The molecular formula is C14H17Br2O3-. The Morgan fingerprint density at radius 2 is 1.79 bits per heavy atom. The van der Waals surface area contributed by atoms with Crippen LogP contribution in [0.2, 0.25) is 0 Å². The molecule has 0 heterocycles. The summed E-state index contributed by atoms with van der Waals surface area (Å²) in [7, 11) is 0. The molecule has 106 valence electrons. The van der Waals surface area contributed by atoms with Crippen LogP contribution < -0.4 is 9.84 Å². The lowest BCUT2D eigenvalue weighted by molar-refractivity contribution is -0.305. The molecule has 0 saturated carbocycles. The van der Waals surface area contributed by atoms with E-state index in [1.807, 2.05) is 12.1 Å². The number of hydrogen-bond donors (Lipinski definition) is 0. The monoisotopic (exact) mass is 391 g/mol. The third-order valence-electron chi connectivity index (χ3n) is 2.64. The Bertz CT molecular complexity index is 441. The van der Waals surface area contributed by atoms with Gasteiger partial charge in [-0.25, -0.2) is 0 Å². The number of hydrogen-bond acceptors (Lipinski definition) is 3. The fraction of sp³-hybridized carbons (Fsp3) is 0.500. The van der Waals surface area contributed by atoms with Gasteiger partial charge in [-0.2, -0.15) is 0 Å². The van der Waals surface area contributed by atoms with Gasteiger partial charge in [0, 0.05) is 5.97 Å². The zero-order chi connectivity index (χ0) is 14.6. The standard InChI is InChI=1S/C14H18Br2O3/c1-14(2,3)9-7-10(15)13(11(16)8-9)19-6-4-5-12(17)18/h7-8H,4-6H2,1-3H3,(H,17,18)/p-1. The molecule has 0 N–H and O–H groups in total. The van der Waals surface area contributed by atoms with E-state index < -0.39 is 5.97 Å². The van der Waals surface area contributed by atoms with Gasteiger partial charge in [0.15, 0.2) is 0 Å². The molecule has 0 radical (unpaired) electrons. The van der Waals surface area contributed by atoms with E-state index in [4.69, 9.17) is 4.74 Å². The maximum absolute atomic E-state index is 10.3. The fourth-order valence-corrected chi connectivity index (χ4v) is 2.94. The number of carbonyl (C=O) groups is 1. The van der Waals surface area contributed by atoms with Crippen molar-refractivity contribution >= 4 is 37.8 Å². The minimum atomic E-state index is -1.05. The van der Waals surface area contributed by atoms with E-state index in [1.54, 1.807) is 0 Å². The summed E-state index contributed by atoms with van der Waals surface area (Å²) in [5.41, 5.74) is 1.24. The van der Waals surface area contributed by atoms with E-state index in [-0.39, 0.29) is 11.8 Å². The molecule has 0 atom stereocenters. The van der Waals surface area contributed by atoms with Crippen molar-refractivity contribution in [1.82, 2.24) is 0 Å². The largest absolute Gasteiger partial charge is 0.550 e. The lowest BCUT2D eigenvalue weighted by Crippen LogP contribution is -2.22. The zero-order valence-electron chi connectivity index (χ0n) is 11.3. The molecule has 0 saturated heterocycles. The summed E-state index contributed by atoms with van der Waals surface area (Å²) in [6.07, 6.45) is 0.442. The Labute approximate surface area is 130 Å². The first-order valence-corrected chi connectivity index (χ1v) is 7.62. The predicted molar refractivity (Wildman–Crippen MR) is 80.3 cm³/mol. The number of rotatable bonds is 5. The first kappa shape index (κ1) is 16.5. The number of aliphatic carboxylic acids is 1. The Balaban J connectivity index is 2.78. The van der Waals surface area contributed by atoms with Crippen LogP contribution in [-0.2, 0) is 10.2 Å². The van der Waals surface area contributed by atoms with Gasteiger partial charge < -0.3 is 14.6 Å². The van der Waals surface area contributed by atoms with Crippen molar-refractivity contribution < 1.29 is 14.6 Å². The summed E-state index contributed by atoms with van der Waals surface area (Å²) in [6.45, 7) is 6.77. The number of carbonyl (C=O) groups excluding carboxylic acids is 1. The quantitative estimate of drug-likeness (QED) is 0.721. The highest BCUT2D eigenvalue weighted by Gasteiger charge is 2.17. The van der Waals surface area contributed by atoms with Gasteiger partial charge in [0.05, 0.1) is 15.6 Å². The third-order valence-corrected chi connectivity index (χ3v) is 3.81. The van der Waals surface area contributed by atoms with Gasteiger partial charge in [-0.15, -0.1) is 0 Å². The van der Waals surface area contributed by atoms with E-state index in [0.717, 1.165) is 8.95 Å². The molecule has 0 fully saturated rings. The molecule has 0 bridgehead atoms. The Morgan fingerprint density at radius 1 is 1.26 bits per heavy atom. The molecule has 1 aromatic carbocycles. The molecule has 0 aliphatic rings. The highest BCUT2D eigenvalue weighted by atomic mass is 79.9. The van der Waals surface area contributed by atoms with Crippen LogP contribution in [0.1, 0.15) is 39.2 Å². The van der Waals surface area contributed by atoms with Crippen molar-refractivity contribution in [3.63, 3.8) is 0 Å². The van der Waals surface area contributed by atoms with Crippen molar-refractivity contribution in [2.75, 3.05) is 6.61 Å². The Morgan fingerprint density at radius 3 is 2.21 bits per heavy atom. The number of ether oxygens (including phenoxy) is 1. The van der Waals surface area contributed by atoms with Crippen LogP contribution >= 0.6 is 31.9 Å². The van der Waals surface area contributed by atoms with Crippen LogP contribution in [-0.4, -0.2) is 12.6 Å². The van der Waals surface area contributed by atoms with Crippen molar-refractivity contribution in [2.45, 2.75) is 39.0 Å². The van der Waals surface area contributed by atoms with E-state index in [9.17, 15) is 9.90 Å². The summed E-state index contributed by atoms with van der Waals surface area (Å²) in [5, 5.41) is 10.3. The minimum Gasteiger partial charge on any atom is -0.550 e. The topological polar surface area (TPSA) is 49.4 Å². The highest BCUT2D eigenvalue weighted by Crippen LogP contribution is 2.38. The molecule has 5 heteroatoms.